The van der Waals surface area contributed by atoms with Gasteiger partial charge in [-0.1, -0.05) is 12.5 Å². The molecule has 0 bridgehead atoms. The average molecular weight is 448 g/mol. The number of nitrogens with two attached hydrogens (primary N) is 1. The quantitative estimate of drug-likeness (QED) is 0.449. The third-order valence-electron chi connectivity index (χ3n) is 6.13. The van der Waals surface area contributed by atoms with E-state index >= 15 is 0 Å². The fourth-order valence-electron chi connectivity index (χ4n) is 4.51. The molecule has 1 aliphatic carbocycles. The van der Waals surface area contributed by atoms with Gasteiger partial charge in [0.1, 0.15) is 28.6 Å². The van der Waals surface area contributed by atoms with Crippen molar-refractivity contribution in [1.29, 1.82) is 0 Å². The third-order valence-corrected chi connectivity index (χ3v) is 6.13. The highest BCUT2D eigenvalue weighted by Gasteiger charge is 2.27. The highest BCUT2D eigenvalue weighted by molar-refractivity contribution is 5.85. The van der Waals surface area contributed by atoms with E-state index in [0.29, 0.717) is 18.0 Å². The summed E-state index contributed by atoms with van der Waals surface area (Å²) in [5, 5.41) is 10.2. The molecule has 5 rings (SSSR count). The number of methoxy groups -OCH3 is 1. The summed E-state index contributed by atoms with van der Waals surface area (Å²) in [4.78, 5) is 9.20. The molecule has 1 fully saturated rings. The number of aliphatic hydroxyl groups is 1. The second kappa shape index (κ2) is 8.71. The maximum absolute atomic E-state index is 14.4. The molecule has 0 amide bonds. The standard InChI is InChI=1S/C25H25FN4O3/c1-32-19-6-3-7-20(21(19)26)33-18-10-8-15(9-11-18)22-23-24(27)28-12-13-30(23)25(29-22)16-4-2-5-17(31)14-16/h3,6-13,16-17,31H,2,4-5,14H2,1H3,(H2,27,28)/t16-,17-/m1/s1. The van der Waals surface area contributed by atoms with Crippen molar-refractivity contribution < 1.29 is 19.0 Å². The van der Waals surface area contributed by atoms with Gasteiger partial charge in [-0.15, -0.1) is 0 Å². The van der Waals surface area contributed by atoms with Gasteiger partial charge < -0.3 is 20.3 Å². The first-order valence-corrected chi connectivity index (χ1v) is 11.0. The van der Waals surface area contributed by atoms with Crippen LogP contribution in [-0.2, 0) is 0 Å². The van der Waals surface area contributed by atoms with Crippen LogP contribution in [0.2, 0.25) is 0 Å². The van der Waals surface area contributed by atoms with E-state index in [9.17, 15) is 9.50 Å². The number of imidazole rings is 1. The van der Waals surface area contributed by atoms with Gasteiger partial charge in [0.05, 0.1) is 13.2 Å². The Kier molecular flexibility index (Phi) is 5.60. The summed E-state index contributed by atoms with van der Waals surface area (Å²) in [6.45, 7) is 0. The monoisotopic (exact) mass is 448 g/mol. The molecule has 2 aromatic carbocycles. The molecule has 0 saturated heterocycles. The molecule has 3 N–H and O–H groups in total. The number of aromatic nitrogens is 3. The molecule has 2 atom stereocenters. The Balaban J connectivity index is 1.49. The number of hydrogen-bond donors (Lipinski definition) is 2. The van der Waals surface area contributed by atoms with Crippen molar-refractivity contribution in [2.75, 3.05) is 12.8 Å². The number of fused-ring (bicyclic) bond motifs is 1. The van der Waals surface area contributed by atoms with Gasteiger partial charge in [-0.2, -0.15) is 4.39 Å². The molecule has 0 radical (unpaired) electrons. The van der Waals surface area contributed by atoms with Crippen LogP contribution in [0.4, 0.5) is 10.2 Å². The van der Waals surface area contributed by atoms with Gasteiger partial charge in [-0.05, 0) is 55.7 Å². The molecule has 0 unspecified atom stereocenters. The molecule has 1 aliphatic rings. The average Bonchev–Trinajstić information content (AvgIpc) is 3.22. The topological polar surface area (TPSA) is 94.9 Å². The third kappa shape index (κ3) is 3.98. The largest absolute Gasteiger partial charge is 0.494 e. The van der Waals surface area contributed by atoms with Crippen LogP contribution in [0.3, 0.4) is 0 Å². The Morgan fingerprint density at radius 3 is 2.67 bits per heavy atom. The minimum absolute atomic E-state index is 0.0844. The predicted molar refractivity (Wildman–Crippen MR) is 123 cm³/mol. The minimum atomic E-state index is -0.553. The van der Waals surface area contributed by atoms with Crippen LogP contribution in [0.15, 0.2) is 54.9 Å². The maximum atomic E-state index is 14.4. The van der Waals surface area contributed by atoms with Crippen LogP contribution >= 0.6 is 0 Å². The van der Waals surface area contributed by atoms with Crippen LogP contribution in [0.1, 0.15) is 37.4 Å². The van der Waals surface area contributed by atoms with E-state index in [2.05, 4.69) is 4.98 Å². The molecule has 2 heterocycles. The molecule has 4 aromatic rings. The number of nitrogen functional groups attached to an aromatic ring is 1. The first-order valence-electron chi connectivity index (χ1n) is 11.0. The number of aliphatic hydroxyl groups excluding tert-OH is 1. The molecular weight excluding hydrogens is 423 g/mol. The van der Waals surface area contributed by atoms with E-state index < -0.39 is 5.82 Å². The molecule has 33 heavy (non-hydrogen) atoms. The van der Waals surface area contributed by atoms with Crippen molar-refractivity contribution in [1.82, 2.24) is 14.4 Å². The van der Waals surface area contributed by atoms with Gasteiger partial charge >= 0.3 is 0 Å². The highest BCUT2D eigenvalue weighted by atomic mass is 19.1. The van der Waals surface area contributed by atoms with Crippen molar-refractivity contribution in [2.45, 2.75) is 37.7 Å². The fourth-order valence-corrected chi connectivity index (χ4v) is 4.51. The van der Waals surface area contributed by atoms with Crippen molar-refractivity contribution in [2.24, 2.45) is 0 Å². The van der Waals surface area contributed by atoms with Crippen molar-refractivity contribution >= 4 is 11.3 Å². The van der Waals surface area contributed by atoms with Gasteiger partial charge in [0.25, 0.3) is 0 Å². The summed E-state index contributed by atoms with van der Waals surface area (Å²) in [7, 11) is 1.41. The summed E-state index contributed by atoms with van der Waals surface area (Å²) in [5.41, 5.74) is 8.54. The second-order valence-electron chi connectivity index (χ2n) is 8.27. The van der Waals surface area contributed by atoms with Gasteiger partial charge in [0, 0.05) is 23.9 Å². The predicted octanol–water partition coefficient (Wildman–Crippen LogP) is 4.94. The molecule has 0 aliphatic heterocycles. The van der Waals surface area contributed by atoms with E-state index in [1.165, 1.54) is 13.2 Å². The summed E-state index contributed by atoms with van der Waals surface area (Å²) in [6.07, 6.45) is 6.65. The molecular formula is C25H25FN4O3. The summed E-state index contributed by atoms with van der Waals surface area (Å²) >= 11 is 0. The molecule has 7 nitrogen and oxygen atoms in total. The lowest BCUT2D eigenvalue weighted by Crippen LogP contribution is -2.19. The molecule has 2 aromatic heterocycles. The summed E-state index contributed by atoms with van der Waals surface area (Å²) < 4.78 is 27.1. The number of ether oxygens (including phenoxy) is 2. The van der Waals surface area contributed by atoms with Crippen LogP contribution in [0, 0.1) is 5.82 Å². The Hall–Kier alpha value is -3.65. The molecule has 8 heteroatoms. The first-order chi connectivity index (χ1) is 16.0. The molecule has 170 valence electrons. The zero-order valence-electron chi connectivity index (χ0n) is 18.2. The van der Waals surface area contributed by atoms with Crippen molar-refractivity contribution in [3.05, 3.63) is 66.5 Å². The maximum Gasteiger partial charge on any atom is 0.207 e. The van der Waals surface area contributed by atoms with E-state index in [4.69, 9.17) is 20.2 Å². The van der Waals surface area contributed by atoms with Gasteiger partial charge in [-0.25, -0.2) is 9.97 Å². The Morgan fingerprint density at radius 2 is 1.91 bits per heavy atom. The van der Waals surface area contributed by atoms with Crippen molar-refractivity contribution in [3.63, 3.8) is 0 Å². The van der Waals surface area contributed by atoms with Gasteiger partial charge in [-0.3, -0.25) is 4.40 Å². The van der Waals surface area contributed by atoms with Crippen LogP contribution in [-0.4, -0.2) is 32.7 Å². The minimum Gasteiger partial charge on any atom is -0.494 e. The lowest BCUT2D eigenvalue weighted by molar-refractivity contribution is 0.118. The number of nitrogens with zero attached hydrogens (tertiary/aromatic N) is 3. The van der Waals surface area contributed by atoms with Crippen LogP contribution < -0.4 is 15.2 Å². The molecule has 0 spiro atoms. The van der Waals surface area contributed by atoms with E-state index in [-0.39, 0.29) is 23.5 Å². The number of hydrogen-bond acceptors (Lipinski definition) is 6. The zero-order chi connectivity index (χ0) is 22.9. The number of anilines is 1. The smallest absolute Gasteiger partial charge is 0.207 e. The van der Waals surface area contributed by atoms with E-state index in [1.54, 1.807) is 30.5 Å². The lowest BCUT2D eigenvalue weighted by Gasteiger charge is -2.24. The number of halogens is 1. The van der Waals surface area contributed by atoms with E-state index in [0.717, 1.165) is 41.9 Å². The number of benzene rings is 2. The fraction of sp³-hybridized carbons (Fsp3) is 0.280. The van der Waals surface area contributed by atoms with Crippen LogP contribution in [0.5, 0.6) is 17.2 Å². The number of rotatable bonds is 5. The lowest BCUT2D eigenvalue weighted by atomic mass is 9.87. The summed E-state index contributed by atoms with van der Waals surface area (Å²) in [5.74, 6) is 1.56. The van der Waals surface area contributed by atoms with Gasteiger partial charge in [0.15, 0.2) is 11.5 Å². The zero-order valence-corrected chi connectivity index (χ0v) is 18.2. The van der Waals surface area contributed by atoms with Crippen molar-refractivity contribution in [3.8, 4) is 28.5 Å². The Bertz CT molecular complexity index is 1290. The second-order valence-corrected chi connectivity index (χ2v) is 8.27. The normalized spacial score (nSPS) is 18.4. The Morgan fingerprint density at radius 1 is 1.12 bits per heavy atom. The van der Waals surface area contributed by atoms with Gasteiger partial charge in [0.2, 0.25) is 5.82 Å². The highest BCUT2D eigenvalue weighted by Crippen LogP contribution is 2.37. The summed E-state index contributed by atoms with van der Waals surface area (Å²) in [6, 6.07) is 12.0. The first kappa shape index (κ1) is 21.2. The molecule has 1 saturated carbocycles. The Labute approximate surface area is 190 Å². The van der Waals surface area contributed by atoms with Crippen LogP contribution in [0.25, 0.3) is 16.8 Å². The van der Waals surface area contributed by atoms with E-state index in [1.807, 2.05) is 22.7 Å². The SMILES string of the molecule is COc1cccc(Oc2ccc(-c3nc([C@@H]4CCC[C@@H](O)C4)n4ccnc(N)c34)cc2)c1F.